The van der Waals surface area contributed by atoms with Gasteiger partial charge in [0.15, 0.2) is 6.10 Å². The standard InChI is InChI=1S/C30H37N5O3S.Lr/c1-6-31-14-15-35(4)19-27(25-12-11-23(18-33-25)22-9-10-22)38-26-16-21(3)24(17-28(26)39(5)37)30(36)34-29-20(2)8-7-13-32-29;/h6-8,11-13,16-18,22,27,31H,4,9-10,14-15,19H2,1-3,5H3,(H,32,34,36);/q-2;/t27-,39?;/m1./s1. The first-order valence-corrected chi connectivity index (χ1v) is 14.7. The number of nitrogens with zero attached hydrogens (tertiary/aromatic N) is 3. The number of amides is 1. The van der Waals surface area contributed by atoms with Gasteiger partial charge in [0.2, 0.25) is 0 Å². The first-order valence-electron chi connectivity index (χ1n) is 13.2. The van der Waals surface area contributed by atoms with Crippen LogP contribution in [0.4, 0.5) is 5.82 Å². The number of ether oxygens (including phenoxy) is 1. The third-order valence-corrected chi connectivity index (χ3v) is 7.68. The van der Waals surface area contributed by atoms with E-state index in [1.165, 1.54) is 18.4 Å². The summed E-state index contributed by atoms with van der Waals surface area (Å²) in [6, 6.07) is 11.3. The summed E-state index contributed by atoms with van der Waals surface area (Å²) in [6.45, 7) is 9.52. The Morgan fingerprint density at radius 2 is 2.00 bits per heavy atom. The van der Waals surface area contributed by atoms with Crippen LogP contribution in [0.3, 0.4) is 0 Å². The topological polar surface area (TPSA) is 96.5 Å². The summed E-state index contributed by atoms with van der Waals surface area (Å²) in [4.78, 5) is 24.5. The zero-order valence-electron chi connectivity index (χ0n) is 23.3. The fourth-order valence-corrected chi connectivity index (χ4v) is 4.99. The number of anilines is 1. The van der Waals surface area contributed by atoms with Gasteiger partial charge in [-0.2, -0.15) is 6.92 Å². The van der Waals surface area contributed by atoms with E-state index < -0.39 is 16.9 Å². The van der Waals surface area contributed by atoms with Crippen molar-refractivity contribution < 1.29 is 13.7 Å². The van der Waals surface area contributed by atoms with Crippen molar-refractivity contribution in [3.05, 3.63) is 90.3 Å². The zero-order valence-corrected chi connectivity index (χ0v) is 26.3. The molecule has 10 heteroatoms. The molecule has 0 saturated heterocycles. The predicted octanol–water partition coefficient (Wildman–Crippen LogP) is 4.95. The number of pyridine rings is 2. The third kappa shape index (κ3) is 7.71. The SMILES string of the molecule is [CH2-]N(CCN[CH-]C)C[C@@H](Oc1cc(C)c(C(=O)Nc2ncccc2C)cc1S(C)=O)c1ccc(C2CC2)cn1.[Lr]. The molecule has 8 nitrogen and oxygen atoms in total. The van der Waals surface area contributed by atoms with E-state index in [2.05, 4.69) is 28.7 Å². The number of hydrogen-bond acceptors (Lipinski definition) is 7. The Morgan fingerprint density at radius 3 is 2.62 bits per heavy atom. The maximum Gasteiger partial charge on any atom is 0.257 e. The van der Waals surface area contributed by atoms with E-state index in [0.717, 1.165) is 17.8 Å². The number of carbonyl (C=O) groups is 1. The smallest absolute Gasteiger partial charge is 0.257 e. The molecule has 40 heavy (non-hydrogen) atoms. The van der Waals surface area contributed by atoms with E-state index in [1.54, 1.807) is 24.6 Å². The first kappa shape index (κ1) is 30.4. The molecule has 2 atom stereocenters. The maximum atomic E-state index is 13.2. The van der Waals surface area contributed by atoms with Gasteiger partial charge in [0.25, 0.3) is 5.91 Å². The number of carbonyl (C=O) groups excluding carboxylic acids is 1. The molecular weight excluding hydrogens is 772 g/mol. The zero-order chi connectivity index (χ0) is 27.9. The molecule has 3 aromatic rings. The largest absolute Gasteiger partial charge is 0.482 e. The summed E-state index contributed by atoms with van der Waals surface area (Å²) in [5.74, 6) is 1.25. The summed E-state index contributed by atoms with van der Waals surface area (Å²) >= 11 is 0. The van der Waals surface area contributed by atoms with Crippen molar-refractivity contribution in [3.63, 3.8) is 0 Å². The summed E-state index contributed by atoms with van der Waals surface area (Å²) < 4.78 is 19.4. The third-order valence-electron chi connectivity index (χ3n) is 6.74. The molecule has 0 aliphatic heterocycles. The van der Waals surface area contributed by atoms with Gasteiger partial charge >= 0.3 is 0 Å². The summed E-state index contributed by atoms with van der Waals surface area (Å²) in [5, 5.41) is 6.06. The van der Waals surface area contributed by atoms with Gasteiger partial charge in [0.1, 0.15) is 11.6 Å². The van der Waals surface area contributed by atoms with Crippen LogP contribution in [0.5, 0.6) is 5.75 Å². The second kappa shape index (κ2) is 13.8. The minimum atomic E-state index is -1.40. The Morgan fingerprint density at radius 1 is 1.23 bits per heavy atom. The fraction of sp³-hybridized carbons (Fsp3) is 0.367. The molecular formula is C30H37LrN5O3S-2. The van der Waals surface area contributed by atoms with Crippen molar-refractivity contribution in [1.29, 1.82) is 0 Å². The molecule has 1 aromatic carbocycles. The van der Waals surface area contributed by atoms with Crippen molar-refractivity contribution in [1.82, 2.24) is 20.2 Å². The molecule has 223 valence electrons. The van der Waals surface area contributed by atoms with Crippen LogP contribution >= 0.6 is 0 Å². The second-order valence-corrected chi connectivity index (χ2v) is 11.3. The number of aromatic nitrogens is 2. The van der Waals surface area contributed by atoms with Gasteiger partial charge in [-0.25, -0.2) is 4.98 Å². The van der Waals surface area contributed by atoms with Crippen molar-refractivity contribution in [3.8, 4) is 5.75 Å². The van der Waals surface area contributed by atoms with Crippen LogP contribution in [0.15, 0.2) is 53.7 Å². The quantitative estimate of drug-likeness (QED) is 0.187. The van der Waals surface area contributed by atoms with Crippen LogP contribution in [0.2, 0.25) is 0 Å². The molecule has 1 aliphatic carbocycles. The van der Waals surface area contributed by atoms with Crippen LogP contribution in [0.25, 0.3) is 0 Å². The molecule has 4 rings (SSSR count). The van der Waals surface area contributed by atoms with Crippen molar-refractivity contribution >= 4 is 22.5 Å². The monoisotopic (exact) mass is 809 g/mol. The summed E-state index contributed by atoms with van der Waals surface area (Å²) in [5.41, 5.74) is 4.00. The minimum absolute atomic E-state index is 0. The van der Waals surface area contributed by atoms with E-state index in [-0.39, 0.29) is 5.91 Å². The number of hydrogen-bond donors (Lipinski definition) is 2. The number of benzene rings is 1. The van der Waals surface area contributed by atoms with Gasteiger partial charge in [-0.05, 0) is 86.7 Å². The fourth-order valence-electron chi connectivity index (χ4n) is 4.32. The summed E-state index contributed by atoms with van der Waals surface area (Å²) in [7, 11) is 2.78. The number of aryl methyl sites for hydroxylation is 2. The summed E-state index contributed by atoms with van der Waals surface area (Å²) in [6.07, 6.45) is 7.12. The molecule has 2 N–H and O–H groups in total. The van der Waals surface area contributed by atoms with Crippen LogP contribution in [0, 0.1) is 27.4 Å². The average Bonchev–Trinajstić information content (AvgIpc) is 3.75. The van der Waals surface area contributed by atoms with Crippen molar-refractivity contribution in [2.75, 3.05) is 31.2 Å². The van der Waals surface area contributed by atoms with Gasteiger partial charge in [-0.1, -0.05) is 12.1 Å². The van der Waals surface area contributed by atoms with Gasteiger partial charge < -0.3 is 20.3 Å². The van der Waals surface area contributed by atoms with Crippen LogP contribution < -0.4 is 15.4 Å². The molecule has 1 unspecified atom stereocenters. The Hall–Kier alpha value is -4.14. The Balaban J connectivity index is 0.00000441. The number of nitrogens with one attached hydrogen (secondary N) is 2. The molecule has 1 fully saturated rings. The van der Waals surface area contributed by atoms with Gasteiger partial charge in [0, 0.05) is 30.8 Å². The normalized spacial score (nSPS) is 14.3. The van der Waals surface area contributed by atoms with Crippen LogP contribution in [0.1, 0.15) is 64.5 Å². The Kier molecular flexibility index (Phi) is 10.5. The maximum absolute atomic E-state index is 13.2. The van der Waals surface area contributed by atoms with Gasteiger partial charge in [-0.3, -0.25) is 27.6 Å². The van der Waals surface area contributed by atoms with E-state index in [4.69, 9.17) is 9.72 Å². The van der Waals surface area contributed by atoms with Gasteiger partial charge in [-0.15, -0.1) is 0 Å². The Labute approximate surface area is 234 Å². The number of rotatable bonds is 13. The van der Waals surface area contributed by atoms with E-state index >= 15 is 0 Å². The van der Waals surface area contributed by atoms with Crippen LogP contribution in [-0.2, 0) is 10.8 Å². The van der Waals surface area contributed by atoms with Crippen LogP contribution in [-0.4, -0.2) is 50.9 Å². The molecule has 1 amide bonds. The molecule has 2 heterocycles. The van der Waals surface area contributed by atoms with Crippen molar-refractivity contribution in [2.24, 2.45) is 0 Å². The van der Waals surface area contributed by atoms with E-state index in [0.29, 0.717) is 46.6 Å². The Bertz CT molecular complexity index is 1320. The van der Waals surface area contributed by atoms with Gasteiger partial charge in [0.05, 0.1) is 21.4 Å². The average molecular weight is 810 g/mol. The predicted molar refractivity (Wildman–Crippen MR) is 155 cm³/mol. The first-order chi connectivity index (χ1) is 18.8. The van der Waals surface area contributed by atoms with E-state index in [1.807, 2.05) is 56.6 Å². The molecule has 1 radical (unpaired) electrons. The molecule has 0 spiro atoms. The van der Waals surface area contributed by atoms with E-state index in [9.17, 15) is 9.00 Å². The molecule has 2 aromatic heterocycles. The minimum Gasteiger partial charge on any atom is -0.482 e. The molecule has 1 aliphatic rings. The molecule has 1 saturated carbocycles. The second-order valence-electron chi connectivity index (χ2n) is 9.91. The molecule has 0 bridgehead atoms. The van der Waals surface area contributed by atoms with Crippen molar-refractivity contribution in [2.45, 2.75) is 50.5 Å².